The highest BCUT2D eigenvalue weighted by atomic mass is 127. The van der Waals surface area contributed by atoms with Crippen molar-refractivity contribution < 1.29 is 23.1 Å². The Morgan fingerprint density at radius 2 is 1.89 bits per heavy atom. The summed E-state index contributed by atoms with van der Waals surface area (Å²) in [6.07, 6.45) is 5.42. The number of nitrogens with one attached hydrogen (secondary N) is 1. The molecular weight excluding hydrogens is 677 g/mol. The van der Waals surface area contributed by atoms with Crippen molar-refractivity contribution in [2.75, 3.05) is 6.61 Å². The Bertz CT molecular complexity index is 1830. The highest BCUT2D eigenvalue weighted by molar-refractivity contribution is 14.1. The maximum Gasteiger partial charge on any atom is 0.407 e. The van der Waals surface area contributed by atoms with Gasteiger partial charge in [-0.25, -0.2) is 13.6 Å². The molecule has 6 rings (SSSR count). The summed E-state index contributed by atoms with van der Waals surface area (Å²) < 4.78 is 38.7. The number of benzene rings is 3. The van der Waals surface area contributed by atoms with E-state index in [1.165, 1.54) is 18.2 Å². The lowest BCUT2D eigenvalue weighted by atomic mass is 9.91. The summed E-state index contributed by atoms with van der Waals surface area (Å²) >= 11 is 2.21. The standard InChI is InChI=1S/C34H31F2IN4O3/c1-3-4-11-44-34(43)39-30-14-22-8-10-31(30)41(22)33(42)20-7-9-23(24(12-20)19-5-6-21(17-38)27(35)13-19)25-15-26-29(37)18-40(2)32(26)16-28(25)36/h5-7,9,12-13,15-16,18,22,30-31H,3-4,8,10-11,14H2,1-2H3,(H,39,43)/t22-,30+,31+/m1/s1. The molecule has 2 saturated heterocycles. The van der Waals surface area contributed by atoms with Crippen LogP contribution in [0, 0.1) is 26.5 Å². The number of nitrogens with zero attached hydrogens (tertiary/aromatic N) is 3. The van der Waals surface area contributed by atoms with E-state index in [0.717, 1.165) is 40.2 Å². The van der Waals surface area contributed by atoms with Gasteiger partial charge in [-0.2, -0.15) is 5.26 Å². The Morgan fingerprint density at radius 1 is 1.07 bits per heavy atom. The Hall–Kier alpha value is -3.98. The summed E-state index contributed by atoms with van der Waals surface area (Å²) in [4.78, 5) is 28.2. The maximum absolute atomic E-state index is 15.7. The minimum Gasteiger partial charge on any atom is -0.450 e. The van der Waals surface area contributed by atoms with E-state index in [9.17, 15) is 19.2 Å². The summed E-state index contributed by atoms with van der Waals surface area (Å²) in [5, 5.41) is 13.1. The number of carbonyl (C=O) groups is 2. The minimum absolute atomic E-state index is 0.0241. The molecule has 0 aliphatic carbocycles. The van der Waals surface area contributed by atoms with Crippen LogP contribution in [-0.4, -0.2) is 46.2 Å². The van der Waals surface area contributed by atoms with Crippen molar-refractivity contribution in [1.82, 2.24) is 14.8 Å². The molecular formula is C34H31F2IN4O3. The third-order valence-corrected chi connectivity index (χ3v) is 9.65. The van der Waals surface area contributed by atoms with Gasteiger partial charge in [-0.15, -0.1) is 0 Å². The number of halogens is 3. The summed E-state index contributed by atoms with van der Waals surface area (Å²) in [6, 6.07) is 14.0. The van der Waals surface area contributed by atoms with E-state index in [0.29, 0.717) is 40.8 Å². The molecule has 0 radical (unpaired) electrons. The first-order chi connectivity index (χ1) is 21.2. The number of alkyl carbamates (subject to hydrolysis) is 1. The van der Waals surface area contributed by atoms with E-state index in [-0.39, 0.29) is 29.6 Å². The normalized spacial score (nSPS) is 18.9. The number of nitriles is 1. The van der Waals surface area contributed by atoms with Gasteiger partial charge in [0.25, 0.3) is 5.91 Å². The molecule has 4 aromatic rings. The molecule has 10 heteroatoms. The third kappa shape index (κ3) is 5.42. The van der Waals surface area contributed by atoms with Crippen LogP contribution in [0.15, 0.2) is 54.7 Å². The monoisotopic (exact) mass is 708 g/mol. The predicted octanol–water partition coefficient (Wildman–Crippen LogP) is 7.54. The van der Waals surface area contributed by atoms with Crippen LogP contribution in [0.4, 0.5) is 13.6 Å². The van der Waals surface area contributed by atoms with E-state index >= 15 is 4.39 Å². The number of hydrogen-bond donors (Lipinski definition) is 1. The van der Waals surface area contributed by atoms with Crippen LogP contribution in [0.3, 0.4) is 0 Å². The first-order valence-corrected chi connectivity index (χ1v) is 15.8. The molecule has 2 aliphatic heterocycles. The molecule has 0 saturated carbocycles. The zero-order valence-corrected chi connectivity index (χ0v) is 26.5. The highest BCUT2D eigenvalue weighted by Gasteiger charge is 2.49. The van der Waals surface area contributed by atoms with Crippen molar-refractivity contribution >= 4 is 45.5 Å². The van der Waals surface area contributed by atoms with Crippen LogP contribution < -0.4 is 5.32 Å². The highest BCUT2D eigenvalue weighted by Crippen LogP contribution is 2.41. The van der Waals surface area contributed by atoms with Crippen molar-refractivity contribution in [2.24, 2.45) is 7.05 Å². The number of unbranched alkanes of at least 4 members (excludes halogenated alkanes) is 1. The summed E-state index contributed by atoms with van der Waals surface area (Å²) in [5.41, 5.74) is 2.75. The molecule has 44 heavy (non-hydrogen) atoms. The van der Waals surface area contributed by atoms with Crippen LogP contribution >= 0.6 is 22.6 Å². The molecule has 7 nitrogen and oxygen atoms in total. The van der Waals surface area contributed by atoms with Crippen LogP contribution in [0.2, 0.25) is 0 Å². The minimum atomic E-state index is -0.696. The van der Waals surface area contributed by atoms with Gasteiger partial charge in [0.15, 0.2) is 0 Å². The van der Waals surface area contributed by atoms with E-state index in [2.05, 4.69) is 27.9 Å². The van der Waals surface area contributed by atoms with Crippen molar-refractivity contribution in [3.63, 3.8) is 0 Å². The number of carbonyl (C=O) groups excluding carboxylic acids is 2. The van der Waals surface area contributed by atoms with E-state index in [1.807, 2.05) is 35.7 Å². The number of aromatic nitrogens is 1. The fraction of sp³-hybridized carbons (Fsp3) is 0.324. The van der Waals surface area contributed by atoms with Gasteiger partial charge < -0.3 is 19.5 Å². The zero-order chi connectivity index (χ0) is 31.1. The fourth-order valence-electron chi connectivity index (χ4n) is 6.60. The van der Waals surface area contributed by atoms with Gasteiger partial charge in [0.1, 0.15) is 17.7 Å². The lowest BCUT2D eigenvalue weighted by Crippen LogP contribution is -2.45. The van der Waals surface area contributed by atoms with Gasteiger partial charge in [-0.05, 0) is 101 Å². The van der Waals surface area contributed by atoms with Crippen molar-refractivity contribution in [3.05, 3.63) is 81.1 Å². The third-order valence-electron chi connectivity index (χ3n) is 8.79. The van der Waals surface area contributed by atoms with Crippen LogP contribution in [0.25, 0.3) is 33.2 Å². The van der Waals surface area contributed by atoms with Gasteiger partial charge in [0.2, 0.25) is 0 Å². The molecule has 0 unspecified atom stereocenters. The topological polar surface area (TPSA) is 87.4 Å². The van der Waals surface area contributed by atoms with Crippen LogP contribution in [-0.2, 0) is 11.8 Å². The van der Waals surface area contributed by atoms with E-state index in [1.54, 1.807) is 30.3 Å². The van der Waals surface area contributed by atoms with Crippen molar-refractivity contribution in [1.29, 1.82) is 5.26 Å². The average molecular weight is 709 g/mol. The molecule has 2 bridgehead atoms. The Labute approximate surface area is 267 Å². The summed E-state index contributed by atoms with van der Waals surface area (Å²) in [7, 11) is 1.86. The molecule has 2 amide bonds. The van der Waals surface area contributed by atoms with Crippen molar-refractivity contribution in [2.45, 2.75) is 57.2 Å². The molecule has 226 valence electrons. The molecule has 1 aromatic heterocycles. The van der Waals surface area contributed by atoms with Crippen LogP contribution in [0.1, 0.15) is 54.9 Å². The second kappa shape index (κ2) is 12.2. The second-order valence-electron chi connectivity index (χ2n) is 11.5. The lowest BCUT2D eigenvalue weighted by molar-refractivity contribution is 0.0720. The fourth-order valence-corrected chi connectivity index (χ4v) is 7.45. The maximum atomic E-state index is 15.7. The van der Waals surface area contributed by atoms with Gasteiger partial charge in [0.05, 0.1) is 29.8 Å². The van der Waals surface area contributed by atoms with Gasteiger partial charge in [-0.1, -0.05) is 25.5 Å². The number of aryl methyl sites for hydroxylation is 1. The van der Waals surface area contributed by atoms with E-state index in [4.69, 9.17) is 4.74 Å². The predicted molar refractivity (Wildman–Crippen MR) is 172 cm³/mol. The molecule has 3 heterocycles. The largest absolute Gasteiger partial charge is 0.450 e. The Kier molecular flexibility index (Phi) is 8.33. The molecule has 2 fully saturated rings. The Balaban J connectivity index is 1.38. The molecule has 2 aliphatic rings. The van der Waals surface area contributed by atoms with Gasteiger partial charge >= 0.3 is 6.09 Å². The number of ether oxygens (including phenoxy) is 1. The summed E-state index contributed by atoms with van der Waals surface area (Å²) in [6.45, 7) is 2.38. The first-order valence-electron chi connectivity index (χ1n) is 14.7. The molecule has 1 N–H and O–H groups in total. The number of hydrogen-bond acceptors (Lipinski definition) is 4. The van der Waals surface area contributed by atoms with Gasteiger partial charge in [0, 0.05) is 39.4 Å². The second-order valence-corrected chi connectivity index (χ2v) is 12.7. The van der Waals surface area contributed by atoms with E-state index < -0.39 is 17.7 Å². The average Bonchev–Trinajstić information content (AvgIpc) is 3.66. The summed E-state index contributed by atoms with van der Waals surface area (Å²) in [5.74, 6) is -1.34. The van der Waals surface area contributed by atoms with Crippen molar-refractivity contribution in [3.8, 4) is 28.3 Å². The lowest BCUT2D eigenvalue weighted by Gasteiger charge is -2.25. The molecule has 3 atom stereocenters. The zero-order valence-electron chi connectivity index (χ0n) is 24.4. The number of amides is 2. The number of fused-ring (bicyclic) bond motifs is 3. The van der Waals surface area contributed by atoms with Gasteiger partial charge in [-0.3, -0.25) is 4.79 Å². The quantitative estimate of drug-likeness (QED) is 0.159. The number of rotatable bonds is 7. The molecule has 3 aromatic carbocycles. The van der Waals surface area contributed by atoms with Crippen LogP contribution in [0.5, 0.6) is 0 Å². The molecule has 0 spiro atoms. The first kappa shape index (κ1) is 30.1. The SMILES string of the molecule is CCCCOC(=O)N[C@H]1C[C@H]2CC[C@@H]1N2C(=O)c1ccc(-c2cc3c(I)cn(C)c3cc2F)c(-c2ccc(C#N)c(F)c2)c1. The smallest absolute Gasteiger partial charge is 0.407 e. The Morgan fingerprint density at radius 3 is 2.64 bits per heavy atom.